The number of hydrogen-bond acceptors (Lipinski definition) is 4. The molecular weight excluding hydrogens is 214 g/mol. The van der Waals surface area contributed by atoms with Crippen molar-refractivity contribution in [3.8, 4) is 0 Å². The molecule has 0 aliphatic heterocycles. The van der Waals surface area contributed by atoms with Crippen molar-refractivity contribution in [1.82, 2.24) is 25.1 Å². The molecule has 5 heteroatoms. The Morgan fingerprint density at radius 3 is 2.94 bits per heavy atom. The second-order valence-electron chi connectivity index (χ2n) is 3.90. The topological polar surface area (TPSA) is 55.6 Å². The van der Waals surface area contributed by atoms with E-state index in [0.29, 0.717) is 0 Å². The van der Waals surface area contributed by atoms with Gasteiger partial charge in [0.2, 0.25) is 0 Å². The summed E-state index contributed by atoms with van der Waals surface area (Å²) >= 11 is 0. The van der Waals surface area contributed by atoms with Gasteiger partial charge in [0.05, 0.1) is 0 Å². The summed E-state index contributed by atoms with van der Waals surface area (Å²) in [6.45, 7) is 3.01. The largest absolute Gasteiger partial charge is 0.310 e. The van der Waals surface area contributed by atoms with E-state index in [2.05, 4.69) is 33.4 Å². The van der Waals surface area contributed by atoms with Gasteiger partial charge >= 0.3 is 0 Å². The Kier molecular flexibility index (Phi) is 3.82. The van der Waals surface area contributed by atoms with Gasteiger partial charge in [-0.3, -0.25) is 9.67 Å². The second-order valence-corrected chi connectivity index (χ2v) is 3.90. The summed E-state index contributed by atoms with van der Waals surface area (Å²) in [4.78, 5) is 8.41. The fraction of sp³-hybridized carbons (Fsp3) is 0.417. The third-order valence-corrected chi connectivity index (χ3v) is 2.73. The molecule has 0 fully saturated rings. The van der Waals surface area contributed by atoms with Gasteiger partial charge in [-0.2, -0.15) is 5.10 Å². The van der Waals surface area contributed by atoms with Crippen molar-refractivity contribution in [3.63, 3.8) is 0 Å². The Bertz CT molecular complexity index is 451. The van der Waals surface area contributed by atoms with Gasteiger partial charge in [0, 0.05) is 31.9 Å². The molecule has 90 valence electrons. The Labute approximate surface area is 101 Å². The van der Waals surface area contributed by atoms with Gasteiger partial charge in [-0.05, 0) is 18.2 Å². The van der Waals surface area contributed by atoms with Crippen LogP contribution in [0.5, 0.6) is 0 Å². The van der Waals surface area contributed by atoms with Crippen LogP contribution in [0.15, 0.2) is 30.9 Å². The van der Waals surface area contributed by atoms with Gasteiger partial charge in [-0.25, -0.2) is 4.98 Å². The van der Waals surface area contributed by atoms with Gasteiger partial charge in [-0.15, -0.1) is 0 Å². The monoisotopic (exact) mass is 231 g/mol. The average molecular weight is 231 g/mol. The molecule has 2 aromatic heterocycles. The molecular formula is C12H17N5. The van der Waals surface area contributed by atoms with E-state index in [9.17, 15) is 0 Å². The maximum atomic E-state index is 4.25. The van der Waals surface area contributed by atoms with Crippen molar-refractivity contribution in [1.29, 1.82) is 0 Å². The second kappa shape index (κ2) is 5.54. The molecule has 5 nitrogen and oxygen atoms in total. The van der Waals surface area contributed by atoms with E-state index in [1.165, 1.54) is 5.56 Å². The first-order valence-electron chi connectivity index (χ1n) is 5.77. The smallest absolute Gasteiger partial charge is 0.138 e. The third kappa shape index (κ3) is 2.88. The number of rotatable bonds is 5. The highest BCUT2D eigenvalue weighted by molar-refractivity contribution is 5.15. The van der Waals surface area contributed by atoms with Gasteiger partial charge in [0.15, 0.2) is 0 Å². The van der Waals surface area contributed by atoms with Crippen molar-refractivity contribution in [2.45, 2.75) is 19.4 Å². The fourth-order valence-corrected chi connectivity index (χ4v) is 1.82. The molecule has 0 saturated heterocycles. The molecule has 0 aliphatic carbocycles. The number of nitrogens with one attached hydrogen (secondary N) is 1. The minimum Gasteiger partial charge on any atom is -0.310 e. The van der Waals surface area contributed by atoms with Crippen LogP contribution in [0.4, 0.5) is 0 Å². The Morgan fingerprint density at radius 2 is 2.35 bits per heavy atom. The van der Waals surface area contributed by atoms with Crippen LogP contribution in [0, 0.1) is 0 Å². The average Bonchev–Trinajstić information content (AvgIpc) is 2.76. The molecule has 17 heavy (non-hydrogen) atoms. The van der Waals surface area contributed by atoms with Crippen LogP contribution in [-0.4, -0.2) is 26.3 Å². The summed E-state index contributed by atoms with van der Waals surface area (Å²) in [5.74, 6) is 0.972. The lowest BCUT2D eigenvalue weighted by molar-refractivity contribution is 0.521. The highest BCUT2D eigenvalue weighted by atomic mass is 15.3. The SMILES string of the molecule is CCNC(Cc1ncnn1C)c1cccnc1. The first-order chi connectivity index (χ1) is 8.31. The van der Waals surface area contributed by atoms with Crippen LogP contribution in [0.3, 0.4) is 0 Å². The Morgan fingerprint density at radius 1 is 1.47 bits per heavy atom. The molecule has 1 N–H and O–H groups in total. The molecule has 0 radical (unpaired) electrons. The molecule has 1 atom stereocenters. The zero-order valence-corrected chi connectivity index (χ0v) is 10.2. The lowest BCUT2D eigenvalue weighted by Gasteiger charge is -2.17. The van der Waals surface area contributed by atoms with Crippen molar-refractivity contribution < 1.29 is 0 Å². The molecule has 0 saturated carbocycles. The van der Waals surface area contributed by atoms with Crippen molar-refractivity contribution in [3.05, 3.63) is 42.2 Å². The maximum absolute atomic E-state index is 4.25. The number of nitrogens with zero attached hydrogens (tertiary/aromatic N) is 4. The van der Waals surface area contributed by atoms with Crippen molar-refractivity contribution >= 4 is 0 Å². The number of hydrogen-bond donors (Lipinski definition) is 1. The summed E-state index contributed by atoms with van der Waals surface area (Å²) < 4.78 is 1.81. The van der Waals surface area contributed by atoms with Gasteiger partial charge in [-0.1, -0.05) is 13.0 Å². The first-order valence-corrected chi connectivity index (χ1v) is 5.77. The van der Waals surface area contributed by atoms with E-state index in [1.807, 2.05) is 19.3 Å². The predicted molar refractivity (Wildman–Crippen MR) is 65.4 cm³/mol. The number of aryl methyl sites for hydroxylation is 1. The molecule has 2 rings (SSSR count). The standard InChI is InChI=1S/C12H17N5/c1-3-14-11(10-5-4-6-13-8-10)7-12-15-9-16-17(12)2/h4-6,8-9,11,14H,3,7H2,1-2H3. The number of likely N-dealkylation sites (N-methyl/N-ethyl adjacent to an activating group) is 1. The van der Waals surface area contributed by atoms with Gasteiger partial charge in [0.25, 0.3) is 0 Å². The Balaban J connectivity index is 2.16. The van der Waals surface area contributed by atoms with E-state index in [0.717, 1.165) is 18.8 Å². The normalized spacial score (nSPS) is 12.6. The van der Waals surface area contributed by atoms with E-state index in [-0.39, 0.29) is 6.04 Å². The molecule has 2 heterocycles. The van der Waals surface area contributed by atoms with Crippen LogP contribution in [0.1, 0.15) is 24.4 Å². The first kappa shape index (κ1) is 11.7. The summed E-state index contributed by atoms with van der Waals surface area (Å²) in [6, 6.07) is 4.27. The highest BCUT2D eigenvalue weighted by Crippen LogP contribution is 2.15. The summed E-state index contributed by atoms with van der Waals surface area (Å²) in [5.41, 5.74) is 1.18. The highest BCUT2D eigenvalue weighted by Gasteiger charge is 2.13. The molecule has 0 bridgehead atoms. The van der Waals surface area contributed by atoms with Crippen LogP contribution >= 0.6 is 0 Å². The van der Waals surface area contributed by atoms with Crippen molar-refractivity contribution in [2.24, 2.45) is 7.05 Å². The summed E-state index contributed by atoms with van der Waals surface area (Å²) in [6.07, 6.45) is 6.08. The van der Waals surface area contributed by atoms with Crippen LogP contribution in [-0.2, 0) is 13.5 Å². The van der Waals surface area contributed by atoms with E-state index < -0.39 is 0 Å². The zero-order chi connectivity index (χ0) is 12.1. The quantitative estimate of drug-likeness (QED) is 0.837. The number of pyridine rings is 1. The van der Waals surface area contributed by atoms with E-state index in [1.54, 1.807) is 17.2 Å². The van der Waals surface area contributed by atoms with Gasteiger partial charge in [0.1, 0.15) is 12.2 Å². The molecule has 0 aliphatic rings. The van der Waals surface area contributed by atoms with Crippen LogP contribution in [0.2, 0.25) is 0 Å². The van der Waals surface area contributed by atoms with E-state index >= 15 is 0 Å². The molecule has 0 amide bonds. The molecule has 1 unspecified atom stereocenters. The third-order valence-electron chi connectivity index (χ3n) is 2.73. The summed E-state index contributed by atoms with van der Waals surface area (Å²) in [7, 11) is 1.91. The molecule has 0 aromatic carbocycles. The lowest BCUT2D eigenvalue weighted by Crippen LogP contribution is -2.24. The maximum Gasteiger partial charge on any atom is 0.138 e. The molecule has 0 spiro atoms. The molecule has 2 aromatic rings. The minimum atomic E-state index is 0.233. The minimum absolute atomic E-state index is 0.233. The van der Waals surface area contributed by atoms with Gasteiger partial charge < -0.3 is 5.32 Å². The Hall–Kier alpha value is -1.75. The number of aromatic nitrogens is 4. The fourth-order valence-electron chi connectivity index (χ4n) is 1.82. The van der Waals surface area contributed by atoms with E-state index in [4.69, 9.17) is 0 Å². The predicted octanol–water partition coefficient (Wildman–Crippen LogP) is 1.10. The van der Waals surface area contributed by atoms with Crippen molar-refractivity contribution in [2.75, 3.05) is 6.54 Å². The lowest BCUT2D eigenvalue weighted by atomic mass is 10.1. The van der Waals surface area contributed by atoms with Crippen LogP contribution in [0.25, 0.3) is 0 Å². The van der Waals surface area contributed by atoms with Crippen LogP contribution < -0.4 is 5.32 Å². The zero-order valence-electron chi connectivity index (χ0n) is 10.2. The summed E-state index contributed by atoms with van der Waals surface area (Å²) in [5, 5.41) is 7.53.